The highest BCUT2D eigenvalue weighted by molar-refractivity contribution is 5.93. The van der Waals surface area contributed by atoms with Gasteiger partial charge in [-0.2, -0.15) is 0 Å². The van der Waals surface area contributed by atoms with Gasteiger partial charge in [-0.3, -0.25) is 9.63 Å². The molecule has 1 aliphatic rings. The van der Waals surface area contributed by atoms with Gasteiger partial charge < -0.3 is 5.32 Å². The molecule has 0 radical (unpaired) electrons. The lowest BCUT2D eigenvalue weighted by atomic mass is 9.80. The molecular weight excluding hydrogens is 456 g/mol. The molecule has 0 aliphatic heterocycles. The summed E-state index contributed by atoms with van der Waals surface area (Å²) in [6.45, 7) is 2.65. The lowest BCUT2D eigenvalue weighted by Crippen LogP contribution is -2.35. The first-order valence-corrected chi connectivity index (χ1v) is 13.4. The first-order valence-electron chi connectivity index (χ1n) is 13.4. The van der Waals surface area contributed by atoms with Gasteiger partial charge in [0.25, 0.3) is 5.91 Å². The number of benzene rings is 4. The second kappa shape index (κ2) is 11.7. The van der Waals surface area contributed by atoms with E-state index in [2.05, 4.69) is 66.8 Å². The smallest absolute Gasteiger partial charge is 0.277 e. The summed E-state index contributed by atoms with van der Waals surface area (Å²) in [6.07, 6.45) is 4.71. The molecular formula is C33H36N2O2. The zero-order valence-corrected chi connectivity index (χ0v) is 21.8. The van der Waals surface area contributed by atoms with E-state index in [0.29, 0.717) is 30.2 Å². The molecule has 5 rings (SSSR count). The van der Waals surface area contributed by atoms with Crippen molar-refractivity contribution in [2.75, 3.05) is 7.05 Å². The van der Waals surface area contributed by atoms with Crippen molar-refractivity contribution in [2.45, 2.75) is 57.2 Å². The van der Waals surface area contributed by atoms with E-state index in [1.165, 1.54) is 46.2 Å². The Balaban J connectivity index is 1.19. The van der Waals surface area contributed by atoms with E-state index >= 15 is 0 Å². The highest BCUT2D eigenvalue weighted by atomic mass is 16.7. The van der Waals surface area contributed by atoms with Crippen molar-refractivity contribution in [3.8, 4) is 0 Å². The Hall–Kier alpha value is -3.47. The van der Waals surface area contributed by atoms with Gasteiger partial charge in [-0.25, -0.2) is 5.06 Å². The number of hydrogen-bond acceptors (Lipinski definition) is 3. The van der Waals surface area contributed by atoms with Gasteiger partial charge in [0.05, 0.1) is 0 Å². The zero-order chi connectivity index (χ0) is 25.6. The molecule has 1 fully saturated rings. The molecule has 0 aromatic heterocycles. The Morgan fingerprint density at radius 3 is 2.46 bits per heavy atom. The summed E-state index contributed by atoms with van der Waals surface area (Å²) in [6, 6.07) is 34.0. The molecule has 37 heavy (non-hydrogen) atoms. The van der Waals surface area contributed by atoms with Crippen LogP contribution < -0.4 is 5.32 Å². The van der Waals surface area contributed by atoms with Crippen LogP contribution in [0.3, 0.4) is 0 Å². The minimum absolute atomic E-state index is 0.130. The quantitative estimate of drug-likeness (QED) is 0.260. The van der Waals surface area contributed by atoms with Crippen LogP contribution in [0.5, 0.6) is 0 Å². The van der Waals surface area contributed by atoms with E-state index in [1.54, 1.807) is 7.05 Å². The number of nitrogens with one attached hydrogen (secondary N) is 1. The third-order valence-electron chi connectivity index (χ3n) is 7.63. The maximum atomic E-state index is 12.8. The van der Waals surface area contributed by atoms with Crippen molar-refractivity contribution >= 4 is 16.7 Å². The van der Waals surface area contributed by atoms with E-state index in [1.807, 2.05) is 42.5 Å². The van der Waals surface area contributed by atoms with Gasteiger partial charge >= 0.3 is 0 Å². The number of hydroxylamine groups is 2. The monoisotopic (exact) mass is 492 g/mol. The molecule has 0 bridgehead atoms. The Kier molecular flexibility index (Phi) is 7.98. The molecule has 4 aromatic carbocycles. The number of fused-ring (bicyclic) bond motifs is 1. The van der Waals surface area contributed by atoms with Gasteiger partial charge in [-0.05, 0) is 71.7 Å². The lowest BCUT2D eigenvalue weighted by Gasteiger charge is -2.32. The minimum atomic E-state index is -0.130. The van der Waals surface area contributed by atoms with Crippen LogP contribution in [0, 0.1) is 0 Å². The molecule has 1 saturated carbocycles. The van der Waals surface area contributed by atoms with Gasteiger partial charge in [0.15, 0.2) is 0 Å². The number of carbonyl (C=O) groups excluding carboxylic acids is 1. The lowest BCUT2D eigenvalue weighted by molar-refractivity contribution is -0.116. The third-order valence-corrected chi connectivity index (χ3v) is 7.63. The fraction of sp³-hybridized carbons (Fsp3) is 0.303. The highest BCUT2D eigenvalue weighted by Crippen LogP contribution is 2.34. The average Bonchev–Trinajstić information content (AvgIpc) is 2.96. The number of hydrogen-bond donors (Lipinski definition) is 1. The van der Waals surface area contributed by atoms with Gasteiger partial charge in [-0.15, -0.1) is 0 Å². The predicted molar refractivity (Wildman–Crippen MR) is 150 cm³/mol. The molecule has 3 atom stereocenters. The maximum absolute atomic E-state index is 12.8. The largest absolute Gasteiger partial charge is 0.307 e. The van der Waals surface area contributed by atoms with E-state index in [-0.39, 0.29) is 5.91 Å². The molecule has 1 N–H and O–H groups in total. The van der Waals surface area contributed by atoms with Crippen molar-refractivity contribution in [1.82, 2.24) is 10.4 Å². The Morgan fingerprint density at radius 2 is 1.65 bits per heavy atom. The molecule has 1 amide bonds. The third kappa shape index (κ3) is 6.10. The second-order valence-corrected chi connectivity index (χ2v) is 10.2. The summed E-state index contributed by atoms with van der Waals surface area (Å²) < 4.78 is 0. The molecule has 4 aromatic rings. The van der Waals surface area contributed by atoms with E-state index in [9.17, 15) is 4.79 Å². The van der Waals surface area contributed by atoms with Crippen molar-refractivity contribution in [3.05, 3.63) is 119 Å². The first kappa shape index (κ1) is 25.2. The number of carbonyl (C=O) groups is 1. The van der Waals surface area contributed by atoms with Crippen LogP contribution in [-0.4, -0.2) is 24.1 Å². The fourth-order valence-corrected chi connectivity index (χ4v) is 5.60. The standard InChI is InChI=1S/C33H36N2O2/c1-24(31-17-9-13-27-12-6-7-16-32(27)31)34-30-15-8-14-29(22-30)26-18-20-28(21-19-26)33(36)35(2)37-23-25-10-4-3-5-11-25/h3-7,9-13,16-21,24,29-30,34H,8,14-15,22-23H2,1-2H3/t24-,29?,30?/m1/s1. The van der Waals surface area contributed by atoms with Gasteiger partial charge in [0.2, 0.25) is 0 Å². The van der Waals surface area contributed by atoms with Crippen molar-refractivity contribution in [3.63, 3.8) is 0 Å². The van der Waals surface area contributed by atoms with Gasteiger partial charge in [-0.1, -0.05) is 91.3 Å². The van der Waals surface area contributed by atoms with E-state index in [4.69, 9.17) is 4.84 Å². The molecule has 4 heteroatoms. The Morgan fingerprint density at radius 1 is 0.919 bits per heavy atom. The number of rotatable bonds is 8. The summed E-state index contributed by atoms with van der Waals surface area (Å²) in [4.78, 5) is 18.5. The number of amides is 1. The van der Waals surface area contributed by atoms with Crippen LogP contribution in [0.15, 0.2) is 97.1 Å². The molecule has 0 spiro atoms. The molecule has 4 nitrogen and oxygen atoms in total. The molecule has 1 aliphatic carbocycles. The van der Waals surface area contributed by atoms with Crippen LogP contribution in [0.1, 0.15) is 71.6 Å². The first-order chi connectivity index (χ1) is 18.1. The summed E-state index contributed by atoms with van der Waals surface area (Å²) in [5.41, 5.74) is 4.36. The number of nitrogens with zero attached hydrogens (tertiary/aromatic N) is 1. The molecule has 0 heterocycles. The normalized spacial score (nSPS) is 18.4. The van der Waals surface area contributed by atoms with Crippen molar-refractivity contribution < 1.29 is 9.63 Å². The Bertz CT molecular complexity index is 1310. The van der Waals surface area contributed by atoms with Crippen LogP contribution in [-0.2, 0) is 11.4 Å². The van der Waals surface area contributed by atoms with Gasteiger partial charge in [0.1, 0.15) is 6.61 Å². The average molecular weight is 493 g/mol. The summed E-state index contributed by atoms with van der Waals surface area (Å²) in [7, 11) is 1.67. The van der Waals surface area contributed by atoms with Gasteiger partial charge in [0, 0.05) is 24.7 Å². The zero-order valence-electron chi connectivity index (χ0n) is 21.8. The van der Waals surface area contributed by atoms with Crippen LogP contribution >= 0.6 is 0 Å². The van der Waals surface area contributed by atoms with Crippen LogP contribution in [0.25, 0.3) is 10.8 Å². The van der Waals surface area contributed by atoms with E-state index in [0.717, 1.165) is 12.0 Å². The second-order valence-electron chi connectivity index (χ2n) is 10.2. The fourth-order valence-electron chi connectivity index (χ4n) is 5.60. The topological polar surface area (TPSA) is 41.6 Å². The summed E-state index contributed by atoms with van der Waals surface area (Å²) in [5.74, 6) is 0.372. The maximum Gasteiger partial charge on any atom is 0.277 e. The molecule has 2 unspecified atom stereocenters. The highest BCUT2D eigenvalue weighted by Gasteiger charge is 2.25. The minimum Gasteiger partial charge on any atom is -0.307 e. The van der Waals surface area contributed by atoms with Crippen LogP contribution in [0.2, 0.25) is 0 Å². The predicted octanol–water partition coefficient (Wildman–Crippen LogP) is 7.42. The summed E-state index contributed by atoms with van der Waals surface area (Å²) in [5, 5.41) is 7.87. The SMILES string of the molecule is C[C@@H](NC1CCCC(c2ccc(C(=O)N(C)OCc3ccccc3)cc2)C1)c1cccc2ccccc12. The Labute approximate surface area is 220 Å². The molecule has 190 valence electrons. The van der Waals surface area contributed by atoms with Crippen molar-refractivity contribution in [1.29, 1.82) is 0 Å². The van der Waals surface area contributed by atoms with Crippen LogP contribution in [0.4, 0.5) is 0 Å². The van der Waals surface area contributed by atoms with Crippen molar-refractivity contribution in [2.24, 2.45) is 0 Å². The molecule has 0 saturated heterocycles. The summed E-state index contributed by atoms with van der Waals surface area (Å²) >= 11 is 0. The van der Waals surface area contributed by atoms with E-state index < -0.39 is 0 Å².